The van der Waals surface area contributed by atoms with E-state index in [0.717, 1.165) is 5.52 Å². The van der Waals surface area contributed by atoms with E-state index >= 15 is 0 Å². The van der Waals surface area contributed by atoms with Crippen LogP contribution < -0.4 is 10.9 Å². The van der Waals surface area contributed by atoms with Crippen molar-refractivity contribution in [1.29, 1.82) is 0 Å². The Morgan fingerprint density at radius 1 is 1.50 bits per heavy atom. The number of hydrogen-bond donors (Lipinski definition) is 1. The van der Waals surface area contributed by atoms with Gasteiger partial charge in [-0.3, -0.25) is 9.36 Å². The molecule has 1 aromatic carbocycles. The van der Waals surface area contributed by atoms with Crippen molar-refractivity contribution in [3.63, 3.8) is 0 Å². The fourth-order valence-electron chi connectivity index (χ4n) is 2.06. The maximum absolute atomic E-state index is 11.7. The molecule has 1 N–H and O–H groups in total. The van der Waals surface area contributed by atoms with Crippen LogP contribution in [0.2, 0.25) is 0 Å². The first kappa shape index (κ1) is 9.35. The number of methoxy groups -OCH3 is 1. The predicted octanol–water partition coefficient (Wildman–Crippen LogP) is 0.967. The van der Waals surface area contributed by atoms with Crippen LogP contribution in [0.5, 0.6) is 0 Å². The molecule has 82 valence electrons. The summed E-state index contributed by atoms with van der Waals surface area (Å²) in [7, 11) is 1.65. The molecule has 0 saturated carbocycles. The fourth-order valence-corrected chi connectivity index (χ4v) is 2.06. The van der Waals surface area contributed by atoms with Gasteiger partial charge in [0.05, 0.1) is 17.4 Å². The van der Waals surface area contributed by atoms with E-state index in [-0.39, 0.29) is 11.8 Å². The van der Waals surface area contributed by atoms with Gasteiger partial charge in [0, 0.05) is 7.11 Å². The average molecular weight is 217 g/mol. The molecule has 5 nitrogen and oxygen atoms in total. The first-order chi connectivity index (χ1) is 7.81. The quantitative estimate of drug-likeness (QED) is 0.773. The Labute approximate surface area is 91.7 Å². The third kappa shape index (κ3) is 1.15. The van der Waals surface area contributed by atoms with Gasteiger partial charge in [0.25, 0.3) is 5.56 Å². The molecule has 0 aliphatic carbocycles. The number of para-hydroxylation sites is 1. The highest BCUT2D eigenvalue weighted by atomic mass is 16.5. The van der Waals surface area contributed by atoms with Gasteiger partial charge in [0.15, 0.2) is 6.23 Å². The Bertz CT molecular complexity index is 606. The second-order valence-corrected chi connectivity index (χ2v) is 3.70. The Morgan fingerprint density at radius 3 is 3.12 bits per heavy atom. The van der Waals surface area contributed by atoms with E-state index in [2.05, 4.69) is 10.3 Å². The Morgan fingerprint density at radius 2 is 2.31 bits per heavy atom. The molecule has 1 unspecified atom stereocenters. The Balaban J connectivity index is 2.42. The summed E-state index contributed by atoms with van der Waals surface area (Å²) in [5.41, 5.74) is 0.653. The molecule has 0 fully saturated rings. The number of fused-ring (bicyclic) bond motifs is 3. The molecular weight excluding hydrogens is 206 g/mol. The maximum atomic E-state index is 11.7. The molecule has 0 saturated heterocycles. The first-order valence-electron chi connectivity index (χ1n) is 5.09. The SMILES string of the molecule is COC1CNc2nc(=O)c3ccccc3n21. The summed E-state index contributed by atoms with van der Waals surface area (Å²) in [6.45, 7) is 0.636. The zero-order valence-electron chi connectivity index (χ0n) is 8.80. The summed E-state index contributed by atoms with van der Waals surface area (Å²) in [5, 5.41) is 3.68. The van der Waals surface area contributed by atoms with Crippen molar-refractivity contribution in [2.75, 3.05) is 19.0 Å². The molecule has 1 aromatic heterocycles. The number of rotatable bonds is 1. The number of nitrogens with zero attached hydrogens (tertiary/aromatic N) is 2. The minimum absolute atomic E-state index is 0.104. The lowest BCUT2D eigenvalue weighted by atomic mass is 10.2. The van der Waals surface area contributed by atoms with Crippen LogP contribution in [0.4, 0.5) is 5.95 Å². The molecule has 0 amide bonds. The van der Waals surface area contributed by atoms with E-state index in [0.29, 0.717) is 17.9 Å². The third-order valence-electron chi connectivity index (χ3n) is 2.82. The van der Waals surface area contributed by atoms with Crippen LogP contribution in [0, 0.1) is 0 Å². The Kier molecular flexibility index (Phi) is 1.94. The van der Waals surface area contributed by atoms with E-state index in [9.17, 15) is 4.79 Å². The summed E-state index contributed by atoms with van der Waals surface area (Å²) < 4.78 is 7.26. The lowest BCUT2D eigenvalue weighted by Crippen LogP contribution is -2.15. The molecule has 1 aliphatic heterocycles. The van der Waals surface area contributed by atoms with Gasteiger partial charge in [-0.1, -0.05) is 12.1 Å². The van der Waals surface area contributed by atoms with Crippen molar-refractivity contribution in [2.45, 2.75) is 6.23 Å². The van der Waals surface area contributed by atoms with Gasteiger partial charge in [0.1, 0.15) is 0 Å². The number of anilines is 1. The maximum Gasteiger partial charge on any atom is 0.282 e. The van der Waals surface area contributed by atoms with Crippen LogP contribution in [0.1, 0.15) is 6.23 Å². The van der Waals surface area contributed by atoms with E-state index in [1.54, 1.807) is 13.2 Å². The lowest BCUT2D eigenvalue weighted by Gasteiger charge is -2.13. The molecule has 2 heterocycles. The highest BCUT2D eigenvalue weighted by Crippen LogP contribution is 2.25. The standard InChI is InChI=1S/C11H11N3O2/c1-16-9-6-12-11-13-10(15)7-4-2-3-5-8(7)14(9)11/h2-5,9H,6H2,1H3,(H,12,13,15). The number of ether oxygens (including phenoxy) is 1. The van der Waals surface area contributed by atoms with Crippen molar-refractivity contribution in [2.24, 2.45) is 0 Å². The molecule has 0 bridgehead atoms. The second kappa shape index (κ2) is 3.31. The van der Waals surface area contributed by atoms with Crippen LogP contribution in [-0.2, 0) is 4.74 Å². The summed E-state index contributed by atoms with van der Waals surface area (Å²) in [6, 6.07) is 7.42. The van der Waals surface area contributed by atoms with Gasteiger partial charge in [-0.05, 0) is 12.1 Å². The highest BCUT2D eigenvalue weighted by molar-refractivity contribution is 5.79. The molecule has 5 heteroatoms. The topological polar surface area (TPSA) is 56.1 Å². The average Bonchev–Trinajstić information content (AvgIpc) is 2.72. The van der Waals surface area contributed by atoms with Crippen molar-refractivity contribution in [3.8, 4) is 0 Å². The van der Waals surface area contributed by atoms with Gasteiger partial charge < -0.3 is 10.1 Å². The van der Waals surface area contributed by atoms with Crippen molar-refractivity contribution in [1.82, 2.24) is 9.55 Å². The van der Waals surface area contributed by atoms with Crippen molar-refractivity contribution < 1.29 is 4.74 Å². The van der Waals surface area contributed by atoms with Crippen LogP contribution in [-0.4, -0.2) is 23.2 Å². The molecule has 2 aromatic rings. The molecular formula is C11H11N3O2. The number of nitrogens with one attached hydrogen (secondary N) is 1. The van der Waals surface area contributed by atoms with Crippen molar-refractivity contribution in [3.05, 3.63) is 34.6 Å². The third-order valence-corrected chi connectivity index (χ3v) is 2.82. The van der Waals surface area contributed by atoms with Gasteiger partial charge in [-0.15, -0.1) is 0 Å². The van der Waals surface area contributed by atoms with Gasteiger partial charge in [-0.2, -0.15) is 4.98 Å². The number of hydrogen-bond acceptors (Lipinski definition) is 4. The lowest BCUT2D eigenvalue weighted by molar-refractivity contribution is 0.0690. The molecule has 1 aliphatic rings. The van der Waals surface area contributed by atoms with E-state index < -0.39 is 0 Å². The summed E-state index contributed by atoms with van der Waals surface area (Å²) in [4.78, 5) is 15.7. The minimum Gasteiger partial charge on any atom is -0.359 e. The second-order valence-electron chi connectivity index (χ2n) is 3.70. The van der Waals surface area contributed by atoms with Gasteiger partial charge >= 0.3 is 0 Å². The van der Waals surface area contributed by atoms with Gasteiger partial charge in [-0.25, -0.2) is 0 Å². The summed E-state index contributed by atoms with van der Waals surface area (Å²) >= 11 is 0. The molecule has 1 atom stereocenters. The largest absolute Gasteiger partial charge is 0.359 e. The highest BCUT2D eigenvalue weighted by Gasteiger charge is 2.23. The molecule has 3 rings (SSSR count). The summed E-state index contributed by atoms with van der Waals surface area (Å²) in [6.07, 6.45) is -0.104. The first-order valence-corrected chi connectivity index (χ1v) is 5.09. The minimum atomic E-state index is -0.203. The summed E-state index contributed by atoms with van der Waals surface area (Å²) in [5.74, 6) is 0.579. The number of benzene rings is 1. The zero-order chi connectivity index (χ0) is 11.1. The normalized spacial score (nSPS) is 18.4. The molecule has 0 radical (unpaired) electrons. The van der Waals surface area contributed by atoms with E-state index in [4.69, 9.17) is 4.74 Å². The molecule has 0 spiro atoms. The van der Waals surface area contributed by atoms with E-state index in [1.807, 2.05) is 22.8 Å². The zero-order valence-corrected chi connectivity index (χ0v) is 8.80. The van der Waals surface area contributed by atoms with Crippen molar-refractivity contribution >= 4 is 16.9 Å². The number of aromatic nitrogens is 2. The van der Waals surface area contributed by atoms with Crippen LogP contribution in [0.3, 0.4) is 0 Å². The van der Waals surface area contributed by atoms with Gasteiger partial charge in [0.2, 0.25) is 5.95 Å². The fraction of sp³-hybridized carbons (Fsp3) is 0.273. The van der Waals surface area contributed by atoms with E-state index in [1.165, 1.54) is 0 Å². The predicted molar refractivity (Wildman–Crippen MR) is 60.5 cm³/mol. The van der Waals surface area contributed by atoms with Crippen LogP contribution in [0.25, 0.3) is 10.9 Å². The van der Waals surface area contributed by atoms with Crippen LogP contribution >= 0.6 is 0 Å². The molecule has 16 heavy (non-hydrogen) atoms. The van der Waals surface area contributed by atoms with Crippen LogP contribution in [0.15, 0.2) is 29.1 Å². The smallest absolute Gasteiger partial charge is 0.282 e. The Hall–Kier alpha value is -1.88. The monoisotopic (exact) mass is 217 g/mol.